The highest BCUT2D eigenvalue weighted by atomic mass is 35.5. The van der Waals surface area contributed by atoms with Gasteiger partial charge >= 0.3 is 0 Å². The summed E-state index contributed by atoms with van der Waals surface area (Å²) in [6.45, 7) is 2.36. The van der Waals surface area contributed by atoms with E-state index in [2.05, 4.69) is 10.3 Å². The number of nitrogens with zero attached hydrogens (tertiary/aromatic N) is 2. The fourth-order valence-corrected chi connectivity index (χ4v) is 3.41. The third kappa shape index (κ3) is 4.15. The molecule has 1 unspecified atom stereocenters. The van der Waals surface area contributed by atoms with E-state index >= 15 is 0 Å². The molecule has 25 heavy (non-hydrogen) atoms. The van der Waals surface area contributed by atoms with E-state index in [4.69, 9.17) is 5.73 Å². The lowest BCUT2D eigenvalue weighted by atomic mass is 9.96. The molecule has 2 aromatic rings. The maximum absolute atomic E-state index is 12.4. The summed E-state index contributed by atoms with van der Waals surface area (Å²) in [6, 6.07) is 6.11. The minimum absolute atomic E-state index is 0. The van der Waals surface area contributed by atoms with Crippen molar-refractivity contribution in [3.05, 3.63) is 45.5 Å². The summed E-state index contributed by atoms with van der Waals surface area (Å²) in [4.78, 5) is 27.0. The van der Waals surface area contributed by atoms with Crippen molar-refractivity contribution in [2.45, 2.75) is 25.3 Å². The zero-order chi connectivity index (χ0) is 17.3. The molecule has 0 spiro atoms. The first-order chi connectivity index (χ1) is 11.4. The summed E-state index contributed by atoms with van der Waals surface area (Å²) in [6.07, 6.45) is 2.16. The highest BCUT2D eigenvalue weighted by Crippen LogP contribution is 2.39. The molecule has 0 radical (unpaired) electrons. The number of carbonyl (C=O) groups is 1. The van der Waals surface area contributed by atoms with Gasteiger partial charge in [-0.3, -0.25) is 14.9 Å². The van der Waals surface area contributed by atoms with Gasteiger partial charge in [0.05, 0.1) is 10.5 Å². The van der Waals surface area contributed by atoms with Gasteiger partial charge in [-0.05, 0) is 37.8 Å². The van der Waals surface area contributed by atoms with Crippen LogP contribution in [0.15, 0.2) is 29.6 Å². The number of benzene rings is 1. The number of hydrogen-bond donors (Lipinski definition) is 2. The van der Waals surface area contributed by atoms with Crippen molar-refractivity contribution in [2.75, 3.05) is 6.54 Å². The number of nitrogens with one attached hydrogen (secondary N) is 1. The first-order valence-corrected chi connectivity index (χ1v) is 8.54. The molecule has 3 rings (SSSR count). The van der Waals surface area contributed by atoms with Gasteiger partial charge in [-0.25, -0.2) is 4.98 Å². The molecule has 7 nitrogen and oxygen atoms in total. The van der Waals surface area contributed by atoms with Gasteiger partial charge in [-0.15, -0.1) is 23.7 Å². The number of nitro benzene ring substituents is 1. The van der Waals surface area contributed by atoms with Gasteiger partial charge in [0.1, 0.15) is 10.7 Å². The number of rotatable bonds is 6. The Morgan fingerprint density at radius 3 is 2.60 bits per heavy atom. The number of hydrogen-bond acceptors (Lipinski definition) is 6. The standard InChI is InChI=1S/C16H18N4O3S.ClH/c1-16(9-17,11-4-5-11)19-14(21)13-8-24-15(18-13)10-2-6-12(7-3-10)20(22)23;/h2-3,6-8,11H,4-5,9,17H2,1H3,(H,19,21);1H. The Labute approximate surface area is 155 Å². The number of thiazole rings is 1. The van der Waals surface area contributed by atoms with Gasteiger partial charge in [0.15, 0.2) is 0 Å². The third-order valence-corrected chi connectivity index (χ3v) is 5.25. The molecule has 3 N–H and O–H groups in total. The summed E-state index contributed by atoms with van der Waals surface area (Å²) in [5.74, 6) is 0.193. The van der Waals surface area contributed by atoms with E-state index in [1.807, 2.05) is 6.92 Å². The maximum Gasteiger partial charge on any atom is 0.271 e. The van der Waals surface area contributed by atoms with Crippen LogP contribution in [0.4, 0.5) is 5.69 Å². The van der Waals surface area contributed by atoms with Crippen LogP contribution in [0.2, 0.25) is 0 Å². The quantitative estimate of drug-likeness (QED) is 0.589. The Kier molecular flexibility index (Phi) is 5.76. The molecule has 1 aromatic heterocycles. The third-order valence-electron chi connectivity index (χ3n) is 4.36. The van der Waals surface area contributed by atoms with Crippen LogP contribution in [-0.4, -0.2) is 27.9 Å². The van der Waals surface area contributed by atoms with Crippen LogP contribution >= 0.6 is 23.7 Å². The first kappa shape index (κ1) is 19.3. The molecule has 9 heteroatoms. The fraction of sp³-hybridized carbons (Fsp3) is 0.375. The number of nitro groups is 1. The zero-order valence-electron chi connectivity index (χ0n) is 13.6. The van der Waals surface area contributed by atoms with E-state index in [0.29, 0.717) is 23.2 Å². The highest BCUT2D eigenvalue weighted by molar-refractivity contribution is 7.13. The smallest absolute Gasteiger partial charge is 0.271 e. The van der Waals surface area contributed by atoms with Crippen LogP contribution in [0.1, 0.15) is 30.3 Å². The molecular weight excluding hydrogens is 364 g/mol. The zero-order valence-corrected chi connectivity index (χ0v) is 15.2. The molecule has 1 aliphatic rings. The van der Waals surface area contributed by atoms with E-state index in [9.17, 15) is 14.9 Å². The molecule has 1 atom stereocenters. The second-order valence-electron chi connectivity index (χ2n) is 6.19. The Balaban J connectivity index is 0.00000225. The number of aromatic nitrogens is 1. The van der Waals surface area contributed by atoms with Crippen molar-refractivity contribution in [3.63, 3.8) is 0 Å². The van der Waals surface area contributed by atoms with Crippen LogP contribution < -0.4 is 11.1 Å². The second kappa shape index (κ2) is 7.47. The summed E-state index contributed by atoms with van der Waals surface area (Å²) < 4.78 is 0. The predicted molar refractivity (Wildman–Crippen MR) is 99.1 cm³/mol. The van der Waals surface area contributed by atoms with Crippen molar-refractivity contribution < 1.29 is 9.72 Å². The van der Waals surface area contributed by atoms with Crippen LogP contribution in [0, 0.1) is 16.0 Å². The average Bonchev–Trinajstić information content (AvgIpc) is 3.32. The van der Waals surface area contributed by atoms with Crippen molar-refractivity contribution in [1.29, 1.82) is 0 Å². The van der Waals surface area contributed by atoms with E-state index in [1.165, 1.54) is 23.5 Å². The Hall–Kier alpha value is -2.03. The molecular formula is C16H19ClN4O3S. The lowest BCUT2D eigenvalue weighted by molar-refractivity contribution is -0.384. The van der Waals surface area contributed by atoms with Gasteiger partial charge in [0.2, 0.25) is 0 Å². The minimum atomic E-state index is -0.448. The Morgan fingerprint density at radius 2 is 2.08 bits per heavy atom. The molecule has 0 aliphatic heterocycles. The summed E-state index contributed by atoms with van der Waals surface area (Å²) >= 11 is 1.33. The first-order valence-electron chi connectivity index (χ1n) is 7.66. The molecule has 1 amide bonds. The van der Waals surface area contributed by atoms with Crippen LogP contribution in [-0.2, 0) is 0 Å². The number of non-ortho nitro benzene ring substituents is 1. The van der Waals surface area contributed by atoms with E-state index in [1.54, 1.807) is 17.5 Å². The molecule has 1 saturated carbocycles. The van der Waals surface area contributed by atoms with Crippen molar-refractivity contribution in [1.82, 2.24) is 10.3 Å². The monoisotopic (exact) mass is 382 g/mol. The predicted octanol–water partition coefficient (Wildman–Crippen LogP) is 3.00. The lowest BCUT2D eigenvalue weighted by Gasteiger charge is -2.29. The highest BCUT2D eigenvalue weighted by Gasteiger charge is 2.41. The van der Waals surface area contributed by atoms with Gasteiger partial charge in [-0.1, -0.05) is 0 Å². The lowest BCUT2D eigenvalue weighted by Crippen LogP contribution is -2.53. The molecule has 1 heterocycles. The summed E-state index contributed by atoms with van der Waals surface area (Å²) in [7, 11) is 0. The number of halogens is 1. The molecule has 0 bridgehead atoms. The van der Waals surface area contributed by atoms with Crippen LogP contribution in [0.3, 0.4) is 0 Å². The fourth-order valence-electron chi connectivity index (χ4n) is 2.60. The SMILES string of the molecule is CC(CN)(NC(=O)c1csc(-c2ccc([N+](=O)[O-])cc2)n1)C1CC1.Cl. The van der Waals surface area contributed by atoms with Crippen molar-refractivity contribution in [3.8, 4) is 10.6 Å². The van der Waals surface area contributed by atoms with Gasteiger partial charge in [0.25, 0.3) is 11.6 Å². The maximum atomic E-state index is 12.4. The average molecular weight is 383 g/mol. The van der Waals surface area contributed by atoms with Crippen LogP contribution in [0.5, 0.6) is 0 Å². The second-order valence-corrected chi connectivity index (χ2v) is 7.05. The molecule has 1 aliphatic carbocycles. The van der Waals surface area contributed by atoms with Crippen molar-refractivity contribution in [2.24, 2.45) is 11.7 Å². The Morgan fingerprint density at radius 1 is 1.44 bits per heavy atom. The van der Waals surface area contributed by atoms with Gasteiger partial charge in [0, 0.05) is 29.6 Å². The number of nitrogens with two attached hydrogens (primary N) is 1. The summed E-state index contributed by atoms with van der Waals surface area (Å²) in [5, 5.41) is 16.0. The van der Waals surface area contributed by atoms with Crippen LogP contribution in [0.25, 0.3) is 10.6 Å². The topological polar surface area (TPSA) is 111 Å². The minimum Gasteiger partial charge on any atom is -0.344 e. The molecule has 1 aromatic carbocycles. The number of carbonyl (C=O) groups excluding carboxylic acids is 1. The molecule has 1 fully saturated rings. The largest absolute Gasteiger partial charge is 0.344 e. The number of amides is 1. The Bertz CT molecular complexity index is 776. The molecule has 134 valence electrons. The van der Waals surface area contributed by atoms with E-state index < -0.39 is 10.5 Å². The van der Waals surface area contributed by atoms with E-state index in [0.717, 1.165) is 18.4 Å². The normalized spacial score (nSPS) is 15.8. The van der Waals surface area contributed by atoms with Gasteiger partial charge in [-0.2, -0.15) is 0 Å². The molecule has 0 saturated heterocycles. The van der Waals surface area contributed by atoms with Gasteiger partial charge < -0.3 is 11.1 Å². The van der Waals surface area contributed by atoms with Crippen molar-refractivity contribution >= 4 is 35.3 Å². The summed E-state index contributed by atoms with van der Waals surface area (Å²) in [5.41, 5.74) is 6.54. The van der Waals surface area contributed by atoms with E-state index in [-0.39, 0.29) is 24.0 Å².